The summed E-state index contributed by atoms with van der Waals surface area (Å²) >= 11 is 3.45. The summed E-state index contributed by atoms with van der Waals surface area (Å²) in [4.78, 5) is 4.28. The number of halogens is 1. The van der Waals surface area contributed by atoms with Crippen LogP contribution in [0.4, 0.5) is 0 Å². The number of nitrogens with zero attached hydrogens (tertiary/aromatic N) is 2. The third-order valence-corrected chi connectivity index (χ3v) is 3.96. The van der Waals surface area contributed by atoms with Gasteiger partial charge in [-0.1, -0.05) is 15.9 Å². The molecule has 3 rings (SSSR count). The summed E-state index contributed by atoms with van der Waals surface area (Å²) in [6, 6.07) is 13.8. The van der Waals surface area contributed by atoms with Gasteiger partial charge in [-0.2, -0.15) is 0 Å². The van der Waals surface area contributed by atoms with E-state index < -0.39 is 0 Å². The highest BCUT2D eigenvalue weighted by Crippen LogP contribution is 2.34. The summed E-state index contributed by atoms with van der Waals surface area (Å²) in [5.74, 6) is 1.51. The maximum absolute atomic E-state index is 5.49. The molecular weight excluding hydrogens is 344 g/mol. The van der Waals surface area contributed by atoms with Crippen LogP contribution >= 0.6 is 15.9 Å². The largest absolute Gasteiger partial charge is 0.497 e. The average Bonchev–Trinajstić information content (AvgIpc) is 3.04. The zero-order chi connectivity index (χ0) is 15.5. The van der Waals surface area contributed by atoms with Gasteiger partial charge >= 0.3 is 0 Å². The van der Waals surface area contributed by atoms with E-state index in [0.29, 0.717) is 0 Å². The van der Waals surface area contributed by atoms with E-state index in [2.05, 4.69) is 20.9 Å². The van der Waals surface area contributed by atoms with Crippen molar-refractivity contribution in [3.8, 4) is 28.4 Å². The Labute approximate surface area is 137 Å². The van der Waals surface area contributed by atoms with Crippen molar-refractivity contribution in [3.05, 3.63) is 59.5 Å². The van der Waals surface area contributed by atoms with Gasteiger partial charge in [-0.25, -0.2) is 4.98 Å². The highest BCUT2D eigenvalue weighted by Gasteiger charge is 2.13. The van der Waals surface area contributed by atoms with Crippen molar-refractivity contribution in [2.24, 2.45) is 0 Å². The second-order valence-electron chi connectivity index (χ2n) is 4.69. The van der Waals surface area contributed by atoms with Crippen LogP contribution in [0.5, 0.6) is 11.5 Å². The first-order chi connectivity index (χ1) is 10.7. The van der Waals surface area contributed by atoms with Crippen LogP contribution in [0, 0.1) is 0 Å². The van der Waals surface area contributed by atoms with Crippen LogP contribution in [-0.4, -0.2) is 23.8 Å². The molecule has 0 atom stereocenters. The topological polar surface area (TPSA) is 36.3 Å². The molecule has 0 N–H and O–H groups in total. The summed E-state index contributed by atoms with van der Waals surface area (Å²) in [6.07, 6.45) is 3.62. The molecule has 4 nitrogen and oxygen atoms in total. The van der Waals surface area contributed by atoms with Gasteiger partial charge in [-0.05, 0) is 36.4 Å². The van der Waals surface area contributed by atoms with Crippen LogP contribution in [0.25, 0.3) is 16.9 Å². The molecule has 1 heterocycles. The van der Waals surface area contributed by atoms with Gasteiger partial charge in [0.25, 0.3) is 0 Å². The molecule has 2 aromatic carbocycles. The number of rotatable bonds is 4. The van der Waals surface area contributed by atoms with E-state index in [9.17, 15) is 0 Å². The van der Waals surface area contributed by atoms with Crippen LogP contribution in [-0.2, 0) is 0 Å². The quantitative estimate of drug-likeness (QED) is 0.696. The summed E-state index contributed by atoms with van der Waals surface area (Å²) < 4.78 is 13.8. The van der Waals surface area contributed by atoms with Gasteiger partial charge in [0.1, 0.15) is 11.5 Å². The molecule has 1 aromatic heterocycles. The normalized spacial score (nSPS) is 10.5. The molecule has 22 heavy (non-hydrogen) atoms. The fourth-order valence-corrected chi connectivity index (χ4v) is 2.58. The minimum absolute atomic E-state index is 0.748. The Hall–Kier alpha value is -2.27. The van der Waals surface area contributed by atoms with Crippen molar-refractivity contribution in [2.75, 3.05) is 14.2 Å². The average molecular weight is 359 g/mol. The maximum atomic E-state index is 5.49. The van der Waals surface area contributed by atoms with Crippen LogP contribution in [0.1, 0.15) is 0 Å². The number of imidazole rings is 1. The molecule has 0 aliphatic rings. The van der Waals surface area contributed by atoms with Crippen LogP contribution in [0.2, 0.25) is 0 Å². The van der Waals surface area contributed by atoms with Gasteiger partial charge in [-0.3, -0.25) is 4.57 Å². The SMILES string of the molecule is COc1ccc(-c2cncn2-c2ccc(Br)cc2)c(OC)c1. The smallest absolute Gasteiger partial charge is 0.131 e. The number of methoxy groups -OCH3 is 2. The fraction of sp³-hybridized carbons (Fsp3) is 0.118. The molecule has 112 valence electrons. The Kier molecular flexibility index (Phi) is 4.15. The van der Waals surface area contributed by atoms with E-state index in [1.807, 2.05) is 53.2 Å². The lowest BCUT2D eigenvalue weighted by molar-refractivity contribution is 0.395. The molecule has 5 heteroatoms. The Bertz CT molecular complexity index is 782. The third kappa shape index (κ3) is 2.72. The monoisotopic (exact) mass is 358 g/mol. The van der Waals surface area contributed by atoms with Gasteiger partial charge < -0.3 is 9.47 Å². The summed E-state index contributed by atoms with van der Waals surface area (Å²) in [7, 11) is 3.29. The Morgan fingerprint density at radius 1 is 1.00 bits per heavy atom. The van der Waals surface area contributed by atoms with E-state index in [4.69, 9.17) is 9.47 Å². The molecule has 0 fully saturated rings. The summed E-state index contributed by atoms with van der Waals surface area (Å²) in [5, 5.41) is 0. The van der Waals surface area contributed by atoms with Crippen LogP contribution < -0.4 is 9.47 Å². The molecule has 0 amide bonds. The van der Waals surface area contributed by atoms with Gasteiger partial charge in [0, 0.05) is 21.8 Å². The molecule has 3 aromatic rings. The van der Waals surface area contributed by atoms with E-state index in [1.165, 1.54) is 0 Å². The number of hydrogen-bond acceptors (Lipinski definition) is 3. The molecule has 0 saturated carbocycles. The first-order valence-corrected chi connectivity index (χ1v) is 7.53. The van der Waals surface area contributed by atoms with E-state index in [0.717, 1.165) is 32.9 Å². The molecule has 0 bridgehead atoms. The standard InChI is InChI=1S/C17H15BrN2O2/c1-21-14-7-8-15(17(9-14)22-2)16-10-19-11-20(16)13-5-3-12(18)4-6-13/h3-11H,1-2H3. The highest BCUT2D eigenvalue weighted by molar-refractivity contribution is 9.10. The minimum Gasteiger partial charge on any atom is -0.497 e. The Morgan fingerprint density at radius 3 is 2.45 bits per heavy atom. The first kappa shape index (κ1) is 14.7. The first-order valence-electron chi connectivity index (χ1n) is 6.73. The lowest BCUT2D eigenvalue weighted by Gasteiger charge is -2.13. The van der Waals surface area contributed by atoms with E-state index in [1.54, 1.807) is 20.5 Å². The predicted octanol–water partition coefficient (Wildman–Crippen LogP) is 4.32. The van der Waals surface area contributed by atoms with Gasteiger partial charge in [0.05, 0.1) is 32.4 Å². The van der Waals surface area contributed by atoms with Gasteiger partial charge in [0.15, 0.2) is 0 Å². The van der Waals surface area contributed by atoms with Gasteiger partial charge in [0.2, 0.25) is 0 Å². The third-order valence-electron chi connectivity index (χ3n) is 3.43. The van der Waals surface area contributed by atoms with Gasteiger partial charge in [-0.15, -0.1) is 0 Å². The van der Waals surface area contributed by atoms with Crippen molar-refractivity contribution < 1.29 is 9.47 Å². The number of aromatic nitrogens is 2. The van der Waals surface area contributed by atoms with Crippen molar-refractivity contribution in [3.63, 3.8) is 0 Å². The van der Waals surface area contributed by atoms with Crippen LogP contribution in [0.15, 0.2) is 59.5 Å². The minimum atomic E-state index is 0.748. The van der Waals surface area contributed by atoms with E-state index in [-0.39, 0.29) is 0 Å². The second-order valence-corrected chi connectivity index (χ2v) is 5.61. The molecule has 0 aliphatic carbocycles. The van der Waals surface area contributed by atoms with Crippen molar-refractivity contribution in [2.45, 2.75) is 0 Å². The van der Waals surface area contributed by atoms with Crippen molar-refractivity contribution in [1.29, 1.82) is 0 Å². The van der Waals surface area contributed by atoms with Crippen LogP contribution in [0.3, 0.4) is 0 Å². The number of ether oxygens (including phenoxy) is 2. The molecule has 0 saturated heterocycles. The lowest BCUT2D eigenvalue weighted by Crippen LogP contribution is -1.97. The zero-order valence-corrected chi connectivity index (χ0v) is 13.9. The Morgan fingerprint density at radius 2 is 1.77 bits per heavy atom. The lowest BCUT2D eigenvalue weighted by atomic mass is 10.1. The second kappa shape index (κ2) is 6.23. The summed E-state index contributed by atoms with van der Waals surface area (Å²) in [5.41, 5.74) is 2.96. The molecule has 0 unspecified atom stereocenters. The van der Waals surface area contributed by atoms with Crippen molar-refractivity contribution >= 4 is 15.9 Å². The van der Waals surface area contributed by atoms with Crippen molar-refractivity contribution in [1.82, 2.24) is 9.55 Å². The Balaban J connectivity index is 2.10. The fourth-order valence-electron chi connectivity index (χ4n) is 2.31. The summed E-state index contributed by atoms with van der Waals surface area (Å²) in [6.45, 7) is 0. The number of benzene rings is 2. The molecule has 0 radical (unpaired) electrons. The van der Waals surface area contributed by atoms with E-state index >= 15 is 0 Å². The molecule has 0 aliphatic heterocycles. The highest BCUT2D eigenvalue weighted by atomic mass is 79.9. The number of hydrogen-bond donors (Lipinski definition) is 0. The maximum Gasteiger partial charge on any atom is 0.131 e. The molecule has 0 spiro atoms. The molecular formula is C17H15BrN2O2. The zero-order valence-electron chi connectivity index (χ0n) is 12.3. The predicted molar refractivity (Wildman–Crippen MR) is 89.8 cm³/mol.